The van der Waals surface area contributed by atoms with E-state index in [9.17, 15) is 14.4 Å². The molecule has 1 amide bonds. The first kappa shape index (κ1) is 16.1. The Morgan fingerprint density at radius 3 is 2.68 bits per heavy atom. The molecule has 0 aromatic rings. The third-order valence-electron chi connectivity index (χ3n) is 5.62. The molecular weight excluding hydrogens is 330 g/mol. The number of ketones is 2. The summed E-state index contributed by atoms with van der Waals surface area (Å²) in [5, 5.41) is 3.29. The average molecular weight is 349 g/mol. The van der Waals surface area contributed by atoms with Crippen LogP contribution in [0.15, 0.2) is 22.6 Å². The van der Waals surface area contributed by atoms with Crippen LogP contribution in [0.3, 0.4) is 0 Å². The number of nitrogens with zero attached hydrogens (tertiary/aromatic N) is 1. The number of amides is 1. The van der Waals surface area contributed by atoms with Crippen molar-refractivity contribution in [2.45, 2.75) is 24.7 Å². The van der Waals surface area contributed by atoms with Gasteiger partial charge in [0.2, 0.25) is 11.6 Å². The van der Waals surface area contributed by atoms with Crippen molar-refractivity contribution < 1.29 is 28.6 Å². The van der Waals surface area contributed by atoms with Gasteiger partial charge in [-0.25, -0.2) is 4.79 Å². The summed E-state index contributed by atoms with van der Waals surface area (Å²) in [5.74, 6) is -1.28. The van der Waals surface area contributed by atoms with E-state index in [1.54, 1.807) is 6.92 Å². The van der Waals surface area contributed by atoms with Crippen molar-refractivity contribution in [3.63, 3.8) is 0 Å². The van der Waals surface area contributed by atoms with Gasteiger partial charge in [0.1, 0.15) is 6.61 Å². The zero-order valence-electron chi connectivity index (χ0n) is 14.1. The minimum Gasteiger partial charge on any atom is -0.492 e. The highest BCUT2D eigenvalue weighted by atomic mass is 16.6. The molecule has 2 saturated heterocycles. The molecule has 0 spiro atoms. The highest BCUT2D eigenvalue weighted by Gasteiger charge is 2.74. The zero-order valence-corrected chi connectivity index (χ0v) is 14.1. The van der Waals surface area contributed by atoms with Crippen LogP contribution in [0.2, 0.25) is 0 Å². The molecule has 1 aliphatic carbocycles. The Bertz CT molecular complexity index is 772. The Labute approximate surface area is 143 Å². The highest BCUT2D eigenvalue weighted by Crippen LogP contribution is 2.56. The number of primary amides is 1. The van der Waals surface area contributed by atoms with Gasteiger partial charge in [-0.05, 0) is 6.92 Å². The minimum absolute atomic E-state index is 0.00949. The van der Waals surface area contributed by atoms with E-state index in [4.69, 9.17) is 19.9 Å². The first-order chi connectivity index (χ1) is 11.9. The molecule has 0 radical (unpaired) electrons. The van der Waals surface area contributed by atoms with Crippen molar-refractivity contribution in [2.24, 2.45) is 11.7 Å². The summed E-state index contributed by atoms with van der Waals surface area (Å²) in [7, 11) is 2.88. The van der Waals surface area contributed by atoms with Crippen molar-refractivity contribution in [2.75, 3.05) is 27.4 Å². The lowest BCUT2D eigenvalue weighted by molar-refractivity contribution is -0.128. The molecule has 0 unspecified atom stereocenters. The van der Waals surface area contributed by atoms with Crippen LogP contribution in [0.25, 0.3) is 0 Å². The molecule has 4 aliphatic rings. The standard InChI is InChI=1S/C16H19N3O6/c1-6-11(20)10-9(12(21)13(6)23-2)7(5-25-15(17)22)16(24-3)14-8(4-18-16)19(10)14/h7-8,14,18H,4-5H2,1-3H3,(H2,17,22)/t7-,8+,14+,16-,19?/m1/s1. The van der Waals surface area contributed by atoms with E-state index in [2.05, 4.69) is 5.32 Å². The number of fused-ring (bicyclic) bond motifs is 2. The van der Waals surface area contributed by atoms with Gasteiger partial charge in [-0.1, -0.05) is 0 Å². The van der Waals surface area contributed by atoms with E-state index >= 15 is 0 Å². The van der Waals surface area contributed by atoms with E-state index in [0.717, 1.165) is 0 Å². The van der Waals surface area contributed by atoms with Crippen molar-refractivity contribution in [1.82, 2.24) is 10.2 Å². The number of allylic oxidation sites excluding steroid dienone is 2. The van der Waals surface area contributed by atoms with Gasteiger partial charge in [0.05, 0.1) is 30.8 Å². The average Bonchev–Trinajstić information content (AvgIpc) is 3.17. The van der Waals surface area contributed by atoms with Crippen LogP contribution in [0, 0.1) is 5.92 Å². The number of carbonyl (C=O) groups is 3. The molecular formula is C16H19N3O6. The summed E-state index contributed by atoms with van der Waals surface area (Å²) in [6, 6.07) is -0.0245. The van der Waals surface area contributed by atoms with Crippen LogP contribution < -0.4 is 11.1 Å². The molecule has 25 heavy (non-hydrogen) atoms. The lowest BCUT2D eigenvalue weighted by Crippen LogP contribution is -2.62. The molecule has 3 N–H and O–H groups in total. The fourth-order valence-corrected chi connectivity index (χ4v) is 4.54. The predicted molar refractivity (Wildman–Crippen MR) is 82.9 cm³/mol. The normalized spacial score (nSPS) is 35.6. The number of methoxy groups -OCH3 is 2. The van der Waals surface area contributed by atoms with Gasteiger partial charge in [-0.2, -0.15) is 0 Å². The van der Waals surface area contributed by atoms with Crippen LogP contribution in [0.1, 0.15) is 6.92 Å². The lowest BCUT2D eigenvalue weighted by atomic mass is 9.76. The van der Waals surface area contributed by atoms with E-state index < -0.39 is 17.7 Å². The maximum Gasteiger partial charge on any atom is 0.404 e. The van der Waals surface area contributed by atoms with Gasteiger partial charge >= 0.3 is 6.09 Å². The van der Waals surface area contributed by atoms with E-state index in [-0.39, 0.29) is 47.2 Å². The van der Waals surface area contributed by atoms with Crippen LogP contribution in [-0.2, 0) is 23.8 Å². The number of hydrogen-bond acceptors (Lipinski definition) is 8. The van der Waals surface area contributed by atoms with Gasteiger partial charge in [0.15, 0.2) is 11.5 Å². The third kappa shape index (κ3) is 1.82. The summed E-state index contributed by atoms with van der Waals surface area (Å²) >= 11 is 0. The summed E-state index contributed by atoms with van der Waals surface area (Å²) < 4.78 is 15.9. The van der Waals surface area contributed by atoms with Gasteiger partial charge < -0.3 is 24.8 Å². The number of hydrogen-bond donors (Lipinski definition) is 2. The van der Waals surface area contributed by atoms with Gasteiger partial charge in [0.25, 0.3) is 0 Å². The molecule has 0 aromatic carbocycles. The SMILES string of the molecule is COC1=C(C)C(=O)C2=C(C1=O)[C@@H](COC(N)=O)[C@]1(OC)NC[C@H]3[C@@H]1N23. The number of Topliss-reactive ketones (excluding diaryl/α,β-unsaturated/α-hetero) is 2. The molecule has 9 heteroatoms. The summed E-state index contributed by atoms with van der Waals surface area (Å²) in [5.41, 5.74) is 5.09. The number of nitrogens with two attached hydrogens (primary N) is 1. The van der Waals surface area contributed by atoms with Crippen molar-refractivity contribution in [3.8, 4) is 0 Å². The number of piperazine rings is 1. The fourth-order valence-electron chi connectivity index (χ4n) is 4.54. The Morgan fingerprint density at radius 1 is 1.36 bits per heavy atom. The molecule has 0 bridgehead atoms. The van der Waals surface area contributed by atoms with Gasteiger partial charge in [0, 0.05) is 24.8 Å². The van der Waals surface area contributed by atoms with Gasteiger partial charge in [-0.15, -0.1) is 0 Å². The highest BCUT2D eigenvalue weighted by molar-refractivity contribution is 6.24. The number of ether oxygens (including phenoxy) is 3. The second-order valence-electron chi connectivity index (χ2n) is 6.56. The topological polar surface area (TPSA) is 120 Å². The second-order valence-corrected chi connectivity index (χ2v) is 6.56. The molecule has 134 valence electrons. The molecule has 9 nitrogen and oxygen atoms in total. The number of rotatable bonds is 4. The Balaban J connectivity index is 1.86. The van der Waals surface area contributed by atoms with Crippen LogP contribution in [-0.4, -0.2) is 67.7 Å². The molecule has 3 heterocycles. The molecule has 0 saturated carbocycles. The van der Waals surface area contributed by atoms with E-state index in [0.29, 0.717) is 12.2 Å². The minimum atomic E-state index is -0.950. The maximum absolute atomic E-state index is 13.0. The Kier molecular flexibility index (Phi) is 3.26. The van der Waals surface area contributed by atoms with Crippen LogP contribution >= 0.6 is 0 Å². The molecule has 4 atom stereocenters. The Hall–Kier alpha value is -2.39. The van der Waals surface area contributed by atoms with Crippen molar-refractivity contribution in [1.29, 1.82) is 0 Å². The maximum atomic E-state index is 13.0. The fraction of sp³-hybridized carbons (Fsp3) is 0.562. The smallest absolute Gasteiger partial charge is 0.404 e. The zero-order chi connectivity index (χ0) is 18.1. The summed E-state index contributed by atoms with van der Waals surface area (Å²) in [4.78, 5) is 39.0. The van der Waals surface area contributed by atoms with Crippen molar-refractivity contribution in [3.05, 3.63) is 22.6 Å². The first-order valence-electron chi connectivity index (χ1n) is 7.98. The lowest BCUT2D eigenvalue weighted by Gasteiger charge is -2.44. The Morgan fingerprint density at radius 2 is 2.08 bits per heavy atom. The quantitative estimate of drug-likeness (QED) is 0.492. The second kappa shape index (κ2) is 5.06. The molecule has 4 rings (SSSR count). The molecule has 3 aliphatic heterocycles. The van der Waals surface area contributed by atoms with Crippen LogP contribution in [0.4, 0.5) is 4.79 Å². The third-order valence-corrected chi connectivity index (χ3v) is 5.62. The summed E-state index contributed by atoms with van der Waals surface area (Å²) in [6.45, 7) is 2.03. The number of nitrogens with one attached hydrogen (secondary N) is 1. The molecule has 2 fully saturated rings. The number of carbonyl (C=O) groups excluding carboxylic acids is 3. The van der Waals surface area contributed by atoms with E-state index in [1.807, 2.05) is 4.90 Å². The van der Waals surface area contributed by atoms with E-state index in [1.165, 1.54) is 14.2 Å². The largest absolute Gasteiger partial charge is 0.492 e. The monoisotopic (exact) mass is 349 g/mol. The van der Waals surface area contributed by atoms with Crippen LogP contribution in [0.5, 0.6) is 0 Å². The van der Waals surface area contributed by atoms with Crippen molar-refractivity contribution >= 4 is 17.7 Å². The first-order valence-corrected chi connectivity index (χ1v) is 7.98. The molecule has 0 aromatic heterocycles. The van der Waals surface area contributed by atoms with Gasteiger partial charge in [-0.3, -0.25) is 14.9 Å². The summed E-state index contributed by atoms with van der Waals surface area (Å²) in [6.07, 6.45) is -0.950. The predicted octanol–water partition coefficient (Wildman–Crippen LogP) is -0.963.